The summed E-state index contributed by atoms with van der Waals surface area (Å²) in [4.78, 5) is 13.6. The molecule has 0 spiro atoms. The van der Waals surface area contributed by atoms with E-state index in [1.807, 2.05) is 6.92 Å². The fraction of sp³-hybridized carbons (Fsp3) is 0.462. The fourth-order valence-electron chi connectivity index (χ4n) is 2.00. The SMILES string of the molecule is CCC1(N)CN(C(=O)Cc2ccc(F)cc2)C1. The molecular formula is C13H17FN2O. The molecule has 1 aromatic carbocycles. The normalized spacial score (nSPS) is 17.7. The zero-order valence-electron chi connectivity index (χ0n) is 9.95. The maximum absolute atomic E-state index is 12.7. The van der Waals surface area contributed by atoms with Crippen molar-refractivity contribution < 1.29 is 9.18 Å². The third-order valence-electron chi connectivity index (χ3n) is 3.34. The van der Waals surface area contributed by atoms with Crippen molar-refractivity contribution in [1.82, 2.24) is 4.90 Å². The van der Waals surface area contributed by atoms with Crippen molar-refractivity contribution in [3.8, 4) is 0 Å². The summed E-state index contributed by atoms with van der Waals surface area (Å²) >= 11 is 0. The van der Waals surface area contributed by atoms with Gasteiger partial charge in [-0.2, -0.15) is 0 Å². The van der Waals surface area contributed by atoms with Crippen molar-refractivity contribution in [2.24, 2.45) is 5.73 Å². The summed E-state index contributed by atoms with van der Waals surface area (Å²) in [5.74, 6) is -0.219. The maximum atomic E-state index is 12.7. The standard InChI is InChI=1S/C13H17FN2O/c1-2-13(15)8-16(9-13)12(17)7-10-3-5-11(14)6-4-10/h3-6H,2,7-9,15H2,1H3. The second-order valence-electron chi connectivity index (χ2n) is 4.77. The van der Waals surface area contributed by atoms with Crippen LogP contribution >= 0.6 is 0 Å². The van der Waals surface area contributed by atoms with Crippen LogP contribution in [0.4, 0.5) is 4.39 Å². The summed E-state index contributed by atoms with van der Waals surface area (Å²) in [6.07, 6.45) is 1.20. The first-order chi connectivity index (χ1) is 8.02. The van der Waals surface area contributed by atoms with Gasteiger partial charge >= 0.3 is 0 Å². The lowest BCUT2D eigenvalue weighted by atomic mass is 9.88. The molecule has 1 amide bonds. The van der Waals surface area contributed by atoms with Crippen molar-refractivity contribution in [1.29, 1.82) is 0 Å². The van der Waals surface area contributed by atoms with E-state index in [9.17, 15) is 9.18 Å². The Morgan fingerprint density at radius 1 is 1.41 bits per heavy atom. The highest BCUT2D eigenvalue weighted by molar-refractivity contribution is 5.80. The van der Waals surface area contributed by atoms with E-state index in [1.54, 1.807) is 17.0 Å². The first-order valence-electron chi connectivity index (χ1n) is 5.83. The second kappa shape index (κ2) is 4.45. The molecule has 0 atom stereocenters. The average Bonchev–Trinajstić information content (AvgIpc) is 2.28. The molecule has 1 aliphatic rings. The smallest absolute Gasteiger partial charge is 0.227 e. The molecule has 0 saturated carbocycles. The van der Waals surface area contributed by atoms with Gasteiger partial charge in [-0.25, -0.2) is 4.39 Å². The van der Waals surface area contributed by atoms with E-state index in [0.29, 0.717) is 19.5 Å². The molecule has 1 aliphatic heterocycles. The summed E-state index contributed by atoms with van der Waals surface area (Å²) in [6, 6.07) is 6.03. The Bertz CT molecular complexity index is 410. The van der Waals surface area contributed by atoms with Gasteiger partial charge in [-0.1, -0.05) is 19.1 Å². The van der Waals surface area contributed by atoms with Gasteiger partial charge in [-0.3, -0.25) is 4.79 Å². The van der Waals surface area contributed by atoms with Gasteiger partial charge in [0.25, 0.3) is 0 Å². The highest BCUT2D eigenvalue weighted by Crippen LogP contribution is 2.22. The molecule has 3 nitrogen and oxygen atoms in total. The van der Waals surface area contributed by atoms with Crippen molar-refractivity contribution in [3.05, 3.63) is 35.6 Å². The number of nitrogens with two attached hydrogens (primary N) is 1. The summed E-state index contributed by atoms with van der Waals surface area (Å²) in [5.41, 5.74) is 6.64. The van der Waals surface area contributed by atoms with Crippen molar-refractivity contribution >= 4 is 5.91 Å². The molecule has 4 heteroatoms. The third kappa shape index (κ3) is 2.64. The van der Waals surface area contributed by atoms with Gasteiger partial charge in [-0.05, 0) is 24.1 Å². The Morgan fingerprint density at radius 2 is 2.00 bits per heavy atom. The monoisotopic (exact) mass is 236 g/mol. The van der Waals surface area contributed by atoms with Gasteiger partial charge in [0.2, 0.25) is 5.91 Å². The number of hydrogen-bond donors (Lipinski definition) is 1. The quantitative estimate of drug-likeness (QED) is 0.860. The summed E-state index contributed by atoms with van der Waals surface area (Å²) in [7, 11) is 0. The Labute approximate surface area is 100 Å². The predicted molar refractivity (Wildman–Crippen MR) is 63.9 cm³/mol. The molecule has 0 radical (unpaired) electrons. The molecule has 0 bridgehead atoms. The molecule has 1 saturated heterocycles. The predicted octanol–water partition coefficient (Wildman–Crippen LogP) is 1.32. The molecule has 1 aromatic rings. The minimum atomic E-state index is -0.280. The van der Waals surface area contributed by atoms with Crippen LogP contribution in [0.1, 0.15) is 18.9 Å². The van der Waals surface area contributed by atoms with E-state index in [1.165, 1.54) is 12.1 Å². The zero-order chi connectivity index (χ0) is 12.5. The van der Waals surface area contributed by atoms with E-state index < -0.39 is 0 Å². The van der Waals surface area contributed by atoms with Crippen molar-refractivity contribution in [2.75, 3.05) is 13.1 Å². The number of halogens is 1. The average molecular weight is 236 g/mol. The number of rotatable bonds is 3. The fourth-order valence-corrected chi connectivity index (χ4v) is 2.00. The van der Waals surface area contributed by atoms with Crippen LogP contribution < -0.4 is 5.73 Å². The second-order valence-corrected chi connectivity index (χ2v) is 4.77. The Balaban J connectivity index is 1.89. The number of benzene rings is 1. The number of amides is 1. The van der Waals surface area contributed by atoms with E-state index in [2.05, 4.69) is 0 Å². The molecular weight excluding hydrogens is 219 g/mol. The highest BCUT2D eigenvalue weighted by atomic mass is 19.1. The largest absolute Gasteiger partial charge is 0.339 e. The van der Waals surface area contributed by atoms with Gasteiger partial charge < -0.3 is 10.6 Å². The number of nitrogens with zero attached hydrogens (tertiary/aromatic N) is 1. The molecule has 1 fully saturated rings. The molecule has 17 heavy (non-hydrogen) atoms. The van der Waals surface area contributed by atoms with E-state index in [0.717, 1.165) is 12.0 Å². The van der Waals surface area contributed by atoms with Crippen LogP contribution in [-0.2, 0) is 11.2 Å². The Morgan fingerprint density at radius 3 is 2.53 bits per heavy atom. The number of hydrogen-bond acceptors (Lipinski definition) is 2. The summed E-state index contributed by atoms with van der Waals surface area (Å²) in [6.45, 7) is 3.29. The van der Waals surface area contributed by atoms with Gasteiger partial charge in [0.05, 0.1) is 12.0 Å². The van der Waals surface area contributed by atoms with Crippen LogP contribution in [0.5, 0.6) is 0 Å². The number of carbonyl (C=O) groups is 1. The third-order valence-corrected chi connectivity index (χ3v) is 3.34. The summed E-state index contributed by atoms with van der Waals surface area (Å²) in [5, 5.41) is 0. The van der Waals surface area contributed by atoms with Crippen molar-refractivity contribution in [3.63, 3.8) is 0 Å². The number of carbonyl (C=O) groups excluding carboxylic acids is 1. The molecule has 2 N–H and O–H groups in total. The first kappa shape index (κ1) is 12.0. The lowest BCUT2D eigenvalue weighted by Crippen LogP contribution is -2.68. The molecule has 0 aromatic heterocycles. The topological polar surface area (TPSA) is 46.3 Å². The maximum Gasteiger partial charge on any atom is 0.227 e. The highest BCUT2D eigenvalue weighted by Gasteiger charge is 2.39. The molecule has 2 rings (SSSR count). The number of likely N-dealkylation sites (tertiary alicyclic amines) is 1. The van der Waals surface area contributed by atoms with Crippen LogP contribution in [0.25, 0.3) is 0 Å². The zero-order valence-corrected chi connectivity index (χ0v) is 9.95. The molecule has 0 unspecified atom stereocenters. The van der Waals surface area contributed by atoms with Gasteiger partial charge in [0.15, 0.2) is 0 Å². The minimum absolute atomic E-state index is 0.0612. The minimum Gasteiger partial charge on any atom is -0.339 e. The lowest BCUT2D eigenvalue weighted by molar-refractivity contribution is -0.137. The van der Waals surface area contributed by atoms with Gasteiger partial charge in [-0.15, -0.1) is 0 Å². The van der Waals surface area contributed by atoms with E-state index in [-0.39, 0.29) is 17.3 Å². The van der Waals surface area contributed by atoms with Crippen LogP contribution in [0.3, 0.4) is 0 Å². The summed E-state index contributed by atoms with van der Waals surface area (Å²) < 4.78 is 12.7. The van der Waals surface area contributed by atoms with Crippen LogP contribution in [0.15, 0.2) is 24.3 Å². The molecule has 0 aliphatic carbocycles. The molecule has 1 heterocycles. The lowest BCUT2D eigenvalue weighted by Gasteiger charge is -2.47. The van der Waals surface area contributed by atoms with Crippen LogP contribution in [-0.4, -0.2) is 29.4 Å². The molecule has 92 valence electrons. The Hall–Kier alpha value is -1.42. The Kier molecular flexibility index (Phi) is 3.15. The van der Waals surface area contributed by atoms with E-state index in [4.69, 9.17) is 5.73 Å². The van der Waals surface area contributed by atoms with Crippen molar-refractivity contribution in [2.45, 2.75) is 25.3 Å². The van der Waals surface area contributed by atoms with Gasteiger partial charge in [0.1, 0.15) is 5.82 Å². The van der Waals surface area contributed by atoms with E-state index >= 15 is 0 Å². The van der Waals surface area contributed by atoms with Crippen LogP contribution in [0, 0.1) is 5.82 Å². The van der Waals surface area contributed by atoms with Gasteiger partial charge in [0, 0.05) is 13.1 Å². The first-order valence-corrected chi connectivity index (χ1v) is 5.83. The van der Waals surface area contributed by atoms with Crippen LogP contribution in [0.2, 0.25) is 0 Å².